The van der Waals surface area contributed by atoms with Gasteiger partial charge in [-0.1, -0.05) is 13.8 Å². The quantitative estimate of drug-likeness (QED) is 0.718. The normalized spacial score (nSPS) is 11.0. The van der Waals surface area contributed by atoms with Crippen molar-refractivity contribution in [3.8, 4) is 0 Å². The molecule has 0 aliphatic carbocycles. The molecule has 0 bridgehead atoms. The summed E-state index contributed by atoms with van der Waals surface area (Å²) in [5.41, 5.74) is 0. The van der Waals surface area contributed by atoms with Gasteiger partial charge in [-0.15, -0.1) is 0 Å². The van der Waals surface area contributed by atoms with Gasteiger partial charge in [-0.05, 0) is 13.0 Å². The Morgan fingerprint density at radius 1 is 1.58 bits per heavy atom. The zero-order valence-electron chi connectivity index (χ0n) is 7.91. The standard InChI is InChI=1S/C8H16N4/c1-7(2)5-12-8(4-9-3)10-6-11-12/h6-7,9H,4-5H2,1-3H3. The first-order chi connectivity index (χ1) is 5.74. The predicted octanol–water partition coefficient (Wildman–Crippen LogP) is 0.653. The SMILES string of the molecule is CNCc1ncnn1CC(C)C. The van der Waals surface area contributed by atoms with Crippen molar-refractivity contribution in [2.75, 3.05) is 7.05 Å². The fraction of sp³-hybridized carbons (Fsp3) is 0.750. The molecule has 0 saturated carbocycles. The van der Waals surface area contributed by atoms with Gasteiger partial charge in [0.05, 0.1) is 6.54 Å². The molecular weight excluding hydrogens is 152 g/mol. The van der Waals surface area contributed by atoms with Crippen LogP contribution in [0, 0.1) is 5.92 Å². The first kappa shape index (κ1) is 9.19. The van der Waals surface area contributed by atoms with E-state index in [1.165, 1.54) is 0 Å². The minimum atomic E-state index is 0.613. The summed E-state index contributed by atoms with van der Waals surface area (Å²) in [6.45, 7) is 6.07. The highest BCUT2D eigenvalue weighted by Gasteiger charge is 2.03. The molecule has 0 atom stereocenters. The monoisotopic (exact) mass is 168 g/mol. The van der Waals surface area contributed by atoms with Crippen molar-refractivity contribution in [2.24, 2.45) is 5.92 Å². The molecule has 1 aromatic heterocycles. The number of aromatic nitrogens is 3. The second kappa shape index (κ2) is 4.21. The molecule has 0 radical (unpaired) electrons. The Morgan fingerprint density at radius 3 is 2.92 bits per heavy atom. The molecule has 0 fully saturated rings. The number of hydrogen-bond acceptors (Lipinski definition) is 3. The highest BCUT2D eigenvalue weighted by Crippen LogP contribution is 2.00. The predicted molar refractivity (Wildman–Crippen MR) is 47.6 cm³/mol. The van der Waals surface area contributed by atoms with E-state index in [1.54, 1.807) is 6.33 Å². The van der Waals surface area contributed by atoms with Crippen LogP contribution in [0.5, 0.6) is 0 Å². The molecule has 0 amide bonds. The molecule has 1 rings (SSSR count). The average Bonchev–Trinajstić information content (AvgIpc) is 2.37. The summed E-state index contributed by atoms with van der Waals surface area (Å²) in [6.07, 6.45) is 1.61. The molecule has 1 N–H and O–H groups in total. The van der Waals surface area contributed by atoms with Crippen LogP contribution in [0.2, 0.25) is 0 Å². The lowest BCUT2D eigenvalue weighted by atomic mass is 10.2. The van der Waals surface area contributed by atoms with E-state index in [9.17, 15) is 0 Å². The van der Waals surface area contributed by atoms with Gasteiger partial charge in [0.1, 0.15) is 12.2 Å². The number of nitrogens with one attached hydrogen (secondary N) is 1. The van der Waals surface area contributed by atoms with Crippen molar-refractivity contribution in [1.82, 2.24) is 20.1 Å². The summed E-state index contributed by atoms with van der Waals surface area (Å²) in [4.78, 5) is 4.15. The van der Waals surface area contributed by atoms with E-state index in [4.69, 9.17) is 0 Å². The molecule has 1 aromatic rings. The molecule has 0 spiro atoms. The maximum Gasteiger partial charge on any atom is 0.140 e. The van der Waals surface area contributed by atoms with E-state index in [2.05, 4.69) is 29.2 Å². The van der Waals surface area contributed by atoms with E-state index < -0.39 is 0 Å². The topological polar surface area (TPSA) is 42.7 Å². The highest BCUT2D eigenvalue weighted by atomic mass is 15.3. The Bertz CT molecular complexity index is 229. The van der Waals surface area contributed by atoms with E-state index >= 15 is 0 Å². The smallest absolute Gasteiger partial charge is 0.140 e. The highest BCUT2D eigenvalue weighted by molar-refractivity contribution is 4.83. The van der Waals surface area contributed by atoms with Gasteiger partial charge in [0.15, 0.2) is 0 Å². The average molecular weight is 168 g/mol. The number of hydrogen-bond donors (Lipinski definition) is 1. The molecule has 4 heteroatoms. The Labute approximate surface area is 73.0 Å². The Morgan fingerprint density at radius 2 is 2.33 bits per heavy atom. The second-order valence-electron chi connectivity index (χ2n) is 3.28. The lowest BCUT2D eigenvalue weighted by Gasteiger charge is -2.07. The van der Waals surface area contributed by atoms with Crippen LogP contribution in [0.25, 0.3) is 0 Å². The summed E-state index contributed by atoms with van der Waals surface area (Å²) in [5, 5.41) is 7.20. The number of nitrogens with zero attached hydrogens (tertiary/aromatic N) is 3. The van der Waals surface area contributed by atoms with E-state index in [-0.39, 0.29) is 0 Å². The zero-order valence-corrected chi connectivity index (χ0v) is 7.91. The molecule has 4 nitrogen and oxygen atoms in total. The van der Waals surface area contributed by atoms with Gasteiger partial charge in [0.25, 0.3) is 0 Å². The molecule has 0 aliphatic rings. The van der Waals surface area contributed by atoms with Crippen LogP contribution in [0.15, 0.2) is 6.33 Å². The van der Waals surface area contributed by atoms with Gasteiger partial charge in [0, 0.05) is 6.54 Å². The fourth-order valence-electron chi connectivity index (χ4n) is 1.08. The first-order valence-corrected chi connectivity index (χ1v) is 4.25. The van der Waals surface area contributed by atoms with E-state index in [0.29, 0.717) is 5.92 Å². The lowest BCUT2D eigenvalue weighted by Crippen LogP contribution is -2.15. The van der Waals surface area contributed by atoms with Crippen molar-refractivity contribution < 1.29 is 0 Å². The summed E-state index contributed by atoms with van der Waals surface area (Å²) >= 11 is 0. The first-order valence-electron chi connectivity index (χ1n) is 4.25. The molecule has 0 saturated heterocycles. The number of rotatable bonds is 4. The van der Waals surface area contributed by atoms with Crippen LogP contribution < -0.4 is 5.32 Å². The Kier molecular flexibility index (Phi) is 3.22. The third-order valence-electron chi connectivity index (χ3n) is 1.57. The molecule has 12 heavy (non-hydrogen) atoms. The minimum Gasteiger partial charge on any atom is -0.313 e. The maximum atomic E-state index is 4.15. The maximum absolute atomic E-state index is 4.15. The molecule has 1 heterocycles. The van der Waals surface area contributed by atoms with Gasteiger partial charge in [0.2, 0.25) is 0 Å². The largest absolute Gasteiger partial charge is 0.313 e. The van der Waals surface area contributed by atoms with Crippen LogP contribution in [-0.2, 0) is 13.1 Å². The van der Waals surface area contributed by atoms with Crippen LogP contribution in [-0.4, -0.2) is 21.8 Å². The third kappa shape index (κ3) is 2.30. The molecule has 0 unspecified atom stereocenters. The van der Waals surface area contributed by atoms with E-state index in [0.717, 1.165) is 18.9 Å². The Hall–Kier alpha value is -0.900. The summed E-state index contributed by atoms with van der Waals surface area (Å²) in [7, 11) is 1.91. The van der Waals surface area contributed by atoms with Crippen molar-refractivity contribution >= 4 is 0 Å². The van der Waals surface area contributed by atoms with E-state index in [1.807, 2.05) is 11.7 Å². The second-order valence-corrected chi connectivity index (χ2v) is 3.28. The Balaban J connectivity index is 2.63. The minimum absolute atomic E-state index is 0.613. The van der Waals surface area contributed by atoms with Gasteiger partial charge >= 0.3 is 0 Å². The van der Waals surface area contributed by atoms with Gasteiger partial charge in [-0.3, -0.25) is 0 Å². The molecular formula is C8H16N4. The lowest BCUT2D eigenvalue weighted by molar-refractivity contribution is 0.461. The zero-order chi connectivity index (χ0) is 8.97. The van der Waals surface area contributed by atoms with Crippen molar-refractivity contribution in [3.05, 3.63) is 12.2 Å². The fourth-order valence-corrected chi connectivity index (χ4v) is 1.08. The van der Waals surface area contributed by atoms with Gasteiger partial charge in [-0.25, -0.2) is 9.67 Å². The summed E-state index contributed by atoms with van der Waals surface area (Å²) in [6, 6.07) is 0. The molecule has 0 aromatic carbocycles. The van der Waals surface area contributed by atoms with Crippen molar-refractivity contribution in [1.29, 1.82) is 0 Å². The van der Waals surface area contributed by atoms with Crippen molar-refractivity contribution in [2.45, 2.75) is 26.9 Å². The van der Waals surface area contributed by atoms with Gasteiger partial charge in [-0.2, -0.15) is 5.10 Å². The third-order valence-corrected chi connectivity index (χ3v) is 1.57. The van der Waals surface area contributed by atoms with Crippen LogP contribution >= 0.6 is 0 Å². The van der Waals surface area contributed by atoms with Crippen molar-refractivity contribution in [3.63, 3.8) is 0 Å². The van der Waals surface area contributed by atoms with Crippen LogP contribution in [0.1, 0.15) is 19.7 Å². The molecule has 0 aliphatic heterocycles. The van der Waals surface area contributed by atoms with Gasteiger partial charge < -0.3 is 5.32 Å². The summed E-state index contributed by atoms with van der Waals surface area (Å²) in [5.74, 6) is 1.62. The van der Waals surface area contributed by atoms with Crippen LogP contribution in [0.3, 0.4) is 0 Å². The van der Waals surface area contributed by atoms with Crippen LogP contribution in [0.4, 0.5) is 0 Å². The molecule has 68 valence electrons. The summed E-state index contributed by atoms with van der Waals surface area (Å²) < 4.78 is 1.95.